The second-order valence-corrected chi connectivity index (χ2v) is 8.29. The molecule has 0 aliphatic carbocycles. The minimum absolute atomic E-state index is 0.270. The maximum Gasteiger partial charge on any atom is 0.303 e. The van der Waals surface area contributed by atoms with E-state index in [0.717, 1.165) is 40.0 Å². The van der Waals surface area contributed by atoms with Crippen molar-refractivity contribution in [1.29, 1.82) is 0 Å². The molecule has 3 aromatic rings. The van der Waals surface area contributed by atoms with Crippen molar-refractivity contribution in [3.63, 3.8) is 0 Å². The van der Waals surface area contributed by atoms with Crippen LogP contribution in [0.2, 0.25) is 0 Å². The first-order valence-corrected chi connectivity index (χ1v) is 10.5. The van der Waals surface area contributed by atoms with Gasteiger partial charge in [0.2, 0.25) is 0 Å². The molecule has 3 aromatic carbocycles. The highest BCUT2D eigenvalue weighted by molar-refractivity contribution is 5.74. The van der Waals surface area contributed by atoms with Gasteiger partial charge in [0.15, 0.2) is 0 Å². The molecule has 166 valence electrons. The van der Waals surface area contributed by atoms with Crippen LogP contribution in [0, 0.1) is 6.92 Å². The average molecular weight is 433 g/mol. The van der Waals surface area contributed by atoms with Gasteiger partial charge in [0, 0.05) is 12.5 Å². The molecule has 0 saturated carbocycles. The van der Waals surface area contributed by atoms with Crippen LogP contribution in [-0.2, 0) is 16.1 Å². The molecule has 0 N–H and O–H groups in total. The minimum atomic E-state index is -0.694. The summed E-state index contributed by atoms with van der Waals surface area (Å²) in [5.74, 6) is 1.12. The largest absolute Gasteiger partial charge is 0.489 e. The van der Waals surface area contributed by atoms with E-state index in [0.29, 0.717) is 12.2 Å². The normalized spacial score (nSPS) is 11.0. The van der Waals surface area contributed by atoms with Gasteiger partial charge >= 0.3 is 5.97 Å². The van der Waals surface area contributed by atoms with Crippen molar-refractivity contribution in [3.05, 3.63) is 83.4 Å². The molecule has 0 radical (unpaired) electrons. The molecule has 5 nitrogen and oxygen atoms in total. The summed E-state index contributed by atoms with van der Waals surface area (Å²) < 4.78 is 17.0. The van der Waals surface area contributed by atoms with Gasteiger partial charge in [0.1, 0.15) is 36.6 Å². The first-order chi connectivity index (χ1) is 15.3. The van der Waals surface area contributed by atoms with Gasteiger partial charge in [-0.3, -0.25) is 9.59 Å². The Balaban J connectivity index is 1.67. The van der Waals surface area contributed by atoms with Crippen LogP contribution in [0.3, 0.4) is 0 Å². The molecule has 0 spiro atoms. The number of hydrogen-bond donors (Lipinski definition) is 0. The van der Waals surface area contributed by atoms with Crippen LogP contribution >= 0.6 is 0 Å². The number of rotatable bonds is 9. The third-order valence-electron chi connectivity index (χ3n) is 4.86. The van der Waals surface area contributed by atoms with E-state index in [-0.39, 0.29) is 12.6 Å². The molecule has 0 amide bonds. The molecular formula is C27H28O5. The van der Waals surface area contributed by atoms with Crippen molar-refractivity contribution in [2.24, 2.45) is 0 Å². The number of hydrogen-bond acceptors (Lipinski definition) is 5. The van der Waals surface area contributed by atoms with E-state index in [1.807, 2.05) is 51.1 Å². The summed E-state index contributed by atoms with van der Waals surface area (Å²) in [5.41, 5.74) is 4.25. The first-order valence-electron chi connectivity index (χ1n) is 10.5. The zero-order valence-corrected chi connectivity index (χ0v) is 18.9. The molecule has 0 aliphatic heterocycles. The summed E-state index contributed by atoms with van der Waals surface area (Å²) in [6, 6.07) is 21.2. The fourth-order valence-corrected chi connectivity index (χ4v) is 3.36. The van der Waals surface area contributed by atoms with E-state index in [4.69, 9.17) is 14.2 Å². The minimum Gasteiger partial charge on any atom is -0.489 e. The number of aldehydes is 1. The highest BCUT2D eigenvalue weighted by Crippen LogP contribution is 2.28. The van der Waals surface area contributed by atoms with Gasteiger partial charge in [0.25, 0.3) is 0 Å². The summed E-state index contributed by atoms with van der Waals surface area (Å²) >= 11 is 0. The first kappa shape index (κ1) is 23.1. The monoisotopic (exact) mass is 432 g/mol. The van der Waals surface area contributed by atoms with Crippen LogP contribution in [0.25, 0.3) is 11.1 Å². The molecule has 3 rings (SSSR count). The highest BCUT2D eigenvalue weighted by atomic mass is 16.6. The lowest BCUT2D eigenvalue weighted by Crippen LogP contribution is -2.34. The Kier molecular flexibility index (Phi) is 7.31. The Morgan fingerprint density at radius 2 is 1.66 bits per heavy atom. The number of carbonyl (C=O) groups excluding carboxylic acids is 2. The second-order valence-electron chi connectivity index (χ2n) is 8.29. The van der Waals surface area contributed by atoms with Crippen LogP contribution in [0.1, 0.15) is 42.3 Å². The van der Waals surface area contributed by atoms with E-state index in [2.05, 4.69) is 12.1 Å². The topological polar surface area (TPSA) is 61.8 Å². The molecule has 0 aromatic heterocycles. The number of esters is 1. The van der Waals surface area contributed by atoms with Gasteiger partial charge in [-0.2, -0.15) is 0 Å². The number of benzene rings is 3. The summed E-state index contributed by atoms with van der Waals surface area (Å²) in [7, 11) is 0. The Labute approximate surface area is 188 Å². The predicted molar refractivity (Wildman–Crippen MR) is 124 cm³/mol. The Hall–Kier alpha value is -3.60. The summed E-state index contributed by atoms with van der Waals surface area (Å²) in [6.45, 7) is 7.77. The van der Waals surface area contributed by atoms with Crippen LogP contribution < -0.4 is 9.47 Å². The van der Waals surface area contributed by atoms with Crippen molar-refractivity contribution >= 4 is 12.3 Å². The van der Waals surface area contributed by atoms with Crippen LogP contribution in [0.15, 0.2) is 66.7 Å². The van der Waals surface area contributed by atoms with Crippen LogP contribution in [0.4, 0.5) is 0 Å². The van der Waals surface area contributed by atoms with Crippen LogP contribution in [-0.4, -0.2) is 24.5 Å². The van der Waals surface area contributed by atoms with E-state index >= 15 is 0 Å². The molecule has 32 heavy (non-hydrogen) atoms. The smallest absolute Gasteiger partial charge is 0.303 e. The summed E-state index contributed by atoms with van der Waals surface area (Å²) in [4.78, 5) is 22.0. The zero-order valence-electron chi connectivity index (χ0n) is 18.9. The van der Waals surface area contributed by atoms with E-state index in [1.54, 1.807) is 24.3 Å². The van der Waals surface area contributed by atoms with Crippen molar-refractivity contribution in [2.75, 3.05) is 6.61 Å². The second kappa shape index (κ2) is 10.1. The molecule has 0 heterocycles. The van der Waals surface area contributed by atoms with Crippen molar-refractivity contribution < 1.29 is 23.8 Å². The molecule has 0 fully saturated rings. The lowest BCUT2D eigenvalue weighted by molar-refractivity contribution is -0.156. The third kappa shape index (κ3) is 6.45. The van der Waals surface area contributed by atoms with E-state index in [1.165, 1.54) is 6.92 Å². The molecule has 0 aliphatic rings. The van der Waals surface area contributed by atoms with Gasteiger partial charge in [0.05, 0.1) is 0 Å². The lowest BCUT2D eigenvalue weighted by atomic mass is 9.99. The van der Waals surface area contributed by atoms with E-state index in [9.17, 15) is 9.59 Å². The highest BCUT2D eigenvalue weighted by Gasteiger charge is 2.22. The maximum absolute atomic E-state index is 11.2. The molecule has 0 saturated heterocycles. The molecule has 0 bridgehead atoms. The lowest BCUT2D eigenvalue weighted by Gasteiger charge is -2.24. The van der Waals surface area contributed by atoms with Gasteiger partial charge < -0.3 is 14.2 Å². The Morgan fingerprint density at radius 3 is 2.31 bits per heavy atom. The predicted octanol–water partition coefficient (Wildman–Crippen LogP) is 5.77. The molecular weight excluding hydrogens is 404 g/mol. The number of ether oxygens (including phenoxy) is 3. The molecule has 0 atom stereocenters. The summed E-state index contributed by atoms with van der Waals surface area (Å²) in [6.07, 6.45) is 0.812. The fraction of sp³-hybridized carbons (Fsp3) is 0.259. The van der Waals surface area contributed by atoms with Gasteiger partial charge in [-0.1, -0.05) is 24.3 Å². The maximum atomic E-state index is 11.2. The SMILES string of the molecule is CC(=O)OC(C)(C)COc1ccc(-c2cccc(COc3ccc(C=O)cc3)c2)c(C)c1. The van der Waals surface area contributed by atoms with Gasteiger partial charge in [-0.25, -0.2) is 0 Å². The van der Waals surface area contributed by atoms with Crippen molar-refractivity contribution in [2.45, 2.75) is 39.9 Å². The third-order valence-corrected chi connectivity index (χ3v) is 4.86. The van der Waals surface area contributed by atoms with Gasteiger partial charge in [-0.05, 0) is 85.5 Å². The number of aryl methyl sites for hydroxylation is 1. The quantitative estimate of drug-likeness (QED) is 0.317. The van der Waals surface area contributed by atoms with Crippen LogP contribution in [0.5, 0.6) is 11.5 Å². The summed E-state index contributed by atoms with van der Waals surface area (Å²) in [5, 5.41) is 0. The average Bonchev–Trinajstić information content (AvgIpc) is 2.76. The standard InChI is InChI=1S/C27H28O5/c1-19-14-25(31-18-27(3,4)32-20(2)29)12-13-26(19)23-7-5-6-22(15-23)17-30-24-10-8-21(16-28)9-11-24/h5-16H,17-18H2,1-4H3. The van der Waals surface area contributed by atoms with Crippen molar-refractivity contribution in [1.82, 2.24) is 0 Å². The Bertz CT molecular complexity index is 1080. The molecule has 5 heteroatoms. The Morgan fingerprint density at radius 1 is 0.938 bits per heavy atom. The fourth-order valence-electron chi connectivity index (χ4n) is 3.36. The van der Waals surface area contributed by atoms with Crippen molar-refractivity contribution in [3.8, 4) is 22.6 Å². The van der Waals surface area contributed by atoms with E-state index < -0.39 is 5.60 Å². The zero-order chi connectivity index (χ0) is 23.1. The molecule has 0 unspecified atom stereocenters. The van der Waals surface area contributed by atoms with Gasteiger partial charge in [-0.15, -0.1) is 0 Å². The number of carbonyl (C=O) groups is 2.